The van der Waals surface area contributed by atoms with Crippen molar-refractivity contribution in [2.75, 3.05) is 5.32 Å². The Morgan fingerprint density at radius 3 is 2.43 bits per heavy atom. The van der Waals surface area contributed by atoms with Crippen molar-refractivity contribution < 1.29 is 19.1 Å². The summed E-state index contributed by atoms with van der Waals surface area (Å²) in [6, 6.07) is 8.69. The van der Waals surface area contributed by atoms with E-state index < -0.39 is 17.7 Å². The second kappa shape index (κ2) is 5.75. The van der Waals surface area contributed by atoms with Gasteiger partial charge in [-0.25, -0.2) is 9.18 Å². The van der Waals surface area contributed by atoms with Gasteiger partial charge in [-0.2, -0.15) is 0 Å². The fraction of sp³-hybridized carbons (Fsp3) is 0.125. The van der Waals surface area contributed by atoms with Gasteiger partial charge in [-0.1, -0.05) is 12.1 Å². The summed E-state index contributed by atoms with van der Waals surface area (Å²) in [6.45, 7) is 3.46. The summed E-state index contributed by atoms with van der Waals surface area (Å²) >= 11 is 0. The van der Waals surface area contributed by atoms with Crippen LogP contribution < -0.4 is 5.32 Å². The fourth-order valence-electron chi connectivity index (χ4n) is 1.88. The molecular weight excluding hydrogens is 273 g/mol. The number of benzene rings is 2. The maximum atomic E-state index is 13.8. The molecule has 0 heterocycles. The van der Waals surface area contributed by atoms with E-state index in [1.54, 1.807) is 26.0 Å². The molecular formula is C16H14FNO3. The third kappa shape index (κ3) is 3.25. The smallest absolute Gasteiger partial charge is 0.335 e. The third-order valence-electron chi connectivity index (χ3n) is 3.10. The number of aromatic carboxylic acids is 1. The SMILES string of the molecule is Cc1ccc(C(=O)Nc2cc(C(=O)O)ccc2C)c(F)c1. The molecule has 2 N–H and O–H groups in total. The maximum absolute atomic E-state index is 13.8. The van der Waals surface area contributed by atoms with Crippen LogP contribution in [-0.2, 0) is 0 Å². The molecule has 0 spiro atoms. The van der Waals surface area contributed by atoms with E-state index in [9.17, 15) is 14.0 Å². The second-order valence-corrected chi connectivity index (χ2v) is 4.77. The number of carbonyl (C=O) groups is 2. The van der Waals surface area contributed by atoms with E-state index >= 15 is 0 Å². The molecule has 0 aliphatic heterocycles. The van der Waals surface area contributed by atoms with Crippen LogP contribution >= 0.6 is 0 Å². The number of carboxylic acid groups (broad SMARTS) is 1. The van der Waals surface area contributed by atoms with E-state index in [0.717, 1.165) is 0 Å². The van der Waals surface area contributed by atoms with Crippen molar-refractivity contribution in [1.82, 2.24) is 0 Å². The molecule has 2 rings (SSSR count). The lowest BCUT2D eigenvalue weighted by molar-refractivity contribution is 0.0696. The summed E-state index contributed by atoms with van der Waals surface area (Å²) in [5.41, 5.74) is 1.73. The van der Waals surface area contributed by atoms with Gasteiger partial charge in [0, 0.05) is 5.69 Å². The van der Waals surface area contributed by atoms with Crippen molar-refractivity contribution in [1.29, 1.82) is 0 Å². The van der Waals surface area contributed by atoms with Gasteiger partial charge in [0.1, 0.15) is 5.82 Å². The third-order valence-corrected chi connectivity index (χ3v) is 3.10. The van der Waals surface area contributed by atoms with Crippen LogP contribution in [-0.4, -0.2) is 17.0 Å². The summed E-state index contributed by atoms with van der Waals surface area (Å²) in [7, 11) is 0. The normalized spacial score (nSPS) is 10.2. The largest absolute Gasteiger partial charge is 0.478 e. The number of carboxylic acids is 1. The molecule has 0 fully saturated rings. The minimum Gasteiger partial charge on any atom is -0.478 e. The molecule has 0 aliphatic rings. The minimum atomic E-state index is -1.09. The number of amides is 1. The van der Waals surface area contributed by atoms with Crippen LogP contribution in [0.1, 0.15) is 31.8 Å². The highest BCUT2D eigenvalue weighted by molar-refractivity contribution is 6.05. The van der Waals surface area contributed by atoms with Crippen molar-refractivity contribution in [3.63, 3.8) is 0 Å². The average Bonchev–Trinajstić information content (AvgIpc) is 2.40. The first-order chi connectivity index (χ1) is 9.88. The molecule has 0 atom stereocenters. The standard InChI is InChI=1S/C16H14FNO3/c1-9-3-6-12(13(17)7-9)15(19)18-14-8-11(16(20)21)5-4-10(14)2/h3-8H,1-2H3,(H,18,19)(H,20,21). The Morgan fingerprint density at radius 1 is 1.10 bits per heavy atom. The first-order valence-electron chi connectivity index (χ1n) is 6.30. The second-order valence-electron chi connectivity index (χ2n) is 4.77. The first-order valence-corrected chi connectivity index (χ1v) is 6.30. The summed E-state index contributed by atoms with van der Waals surface area (Å²) in [6.07, 6.45) is 0. The number of hydrogen-bond donors (Lipinski definition) is 2. The maximum Gasteiger partial charge on any atom is 0.335 e. The van der Waals surface area contributed by atoms with Crippen LogP contribution in [0, 0.1) is 19.7 Å². The number of nitrogens with one attached hydrogen (secondary N) is 1. The Kier molecular flexibility index (Phi) is 4.03. The Balaban J connectivity index is 2.31. The van der Waals surface area contributed by atoms with E-state index in [0.29, 0.717) is 16.8 Å². The highest BCUT2D eigenvalue weighted by Crippen LogP contribution is 2.19. The van der Waals surface area contributed by atoms with Crippen LogP contribution in [0.4, 0.5) is 10.1 Å². The molecule has 21 heavy (non-hydrogen) atoms. The number of aryl methyl sites for hydroxylation is 2. The van der Waals surface area contributed by atoms with Crippen molar-refractivity contribution in [2.24, 2.45) is 0 Å². The van der Waals surface area contributed by atoms with Crippen molar-refractivity contribution in [3.8, 4) is 0 Å². The minimum absolute atomic E-state index is 0.0558. The molecule has 0 aromatic heterocycles. The van der Waals surface area contributed by atoms with E-state index in [1.807, 2.05) is 0 Å². The highest BCUT2D eigenvalue weighted by atomic mass is 19.1. The molecule has 2 aromatic carbocycles. The number of rotatable bonds is 3. The molecule has 0 bridgehead atoms. The Morgan fingerprint density at radius 2 is 1.81 bits per heavy atom. The van der Waals surface area contributed by atoms with E-state index in [1.165, 1.54) is 24.3 Å². The molecule has 0 saturated carbocycles. The summed E-state index contributed by atoms with van der Waals surface area (Å²) in [4.78, 5) is 23.0. The summed E-state index contributed by atoms with van der Waals surface area (Å²) in [5, 5.41) is 11.5. The van der Waals surface area contributed by atoms with E-state index in [-0.39, 0.29) is 11.1 Å². The van der Waals surface area contributed by atoms with Gasteiger partial charge in [0.05, 0.1) is 11.1 Å². The summed E-state index contributed by atoms with van der Waals surface area (Å²) in [5.74, 6) is -2.32. The van der Waals surface area contributed by atoms with Gasteiger partial charge in [0.2, 0.25) is 0 Å². The van der Waals surface area contributed by atoms with Crippen LogP contribution in [0.25, 0.3) is 0 Å². The highest BCUT2D eigenvalue weighted by Gasteiger charge is 2.14. The zero-order valence-electron chi connectivity index (χ0n) is 11.6. The van der Waals surface area contributed by atoms with Crippen molar-refractivity contribution >= 4 is 17.6 Å². The van der Waals surface area contributed by atoms with Gasteiger partial charge < -0.3 is 10.4 Å². The average molecular weight is 287 g/mol. The molecule has 1 amide bonds. The van der Waals surface area contributed by atoms with Crippen molar-refractivity contribution in [2.45, 2.75) is 13.8 Å². The molecule has 0 unspecified atom stereocenters. The predicted octanol–water partition coefficient (Wildman–Crippen LogP) is 3.39. The molecule has 0 saturated heterocycles. The van der Waals surface area contributed by atoms with Crippen LogP contribution in [0.2, 0.25) is 0 Å². The van der Waals surface area contributed by atoms with Gasteiger partial charge in [0.25, 0.3) is 5.91 Å². The Bertz CT molecular complexity index is 725. The number of hydrogen-bond acceptors (Lipinski definition) is 2. The van der Waals surface area contributed by atoms with Gasteiger partial charge in [-0.05, 0) is 49.2 Å². The zero-order valence-corrected chi connectivity index (χ0v) is 11.6. The van der Waals surface area contributed by atoms with Crippen LogP contribution in [0.5, 0.6) is 0 Å². The molecule has 4 nitrogen and oxygen atoms in total. The van der Waals surface area contributed by atoms with Gasteiger partial charge in [0.15, 0.2) is 0 Å². The molecule has 0 aliphatic carbocycles. The predicted molar refractivity (Wildman–Crippen MR) is 77.2 cm³/mol. The molecule has 5 heteroatoms. The lowest BCUT2D eigenvalue weighted by Crippen LogP contribution is -2.15. The van der Waals surface area contributed by atoms with Gasteiger partial charge in [-0.3, -0.25) is 4.79 Å². The van der Waals surface area contributed by atoms with E-state index in [2.05, 4.69) is 5.32 Å². The number of anilines is 1. The summed E-state index contributed by atoms with van der Waals surface area (Å²) < 4.78 is 13.8. The first kappa shape index (κ1) is 14.7. The zero-order chi connectivity index (χ0) is 15.6. The number of halogens is 1. The Hall–Kier alpha value is -2.69. The quantitative estimate of drug-likeness (QED) is 0.909. The van der Waals surface area contributed by atoms with Gasteiger partial charge in [-0.15, -0.1) is 0 Å². The lowest BCUT2D eigenvalue weighted by Gasteiger charge is -2.10. The fourth-order valence-corrected chi connectivity index (χ4v) is 1.88. The van der Waals surface area contributed by atoms with Crippen LogP contribution in [0.15, 0.2) is 36.4 Å². The van der Waals surface area contributed by atoms with Crippen LogP contribution in [0.3, 0.4) is 0 Å². The molecule has 2 aromatic rings. The Labute approximate surface area is 121 Å². The monoisotopic (exact) mass is 287 g/mol. The van der Waals surface area contributed by atoms with Gasteiger partial charge >= 0.3 is 5.97 Å². The molecule has 108 valence electrons. The van der Waals surface area contributed by atoms with E-state index in [4.69, 9.17) is 5.11 Å². The number of carbonyl (C=O) groups excluding carboxylic acids is 1. The molecule has 0 radical (unpaired) electrons. The van der Waals surface area contributed by atoms with Crippen molar-refractivity contribution in [3.05, 3.63) is 64.5 Å². The lowest BCUT2D eigenvalue weighted by atomic mass is 10.1. The topological polar surface area (TPSA) is 66.4 Å².